The average molecular weight is 232 g/mol. The van der Waals surface area contributed by atoms with Crippen LogP contribution in [0, 0.1) is 0 Å². The van der Waals surface area contributed by atoms with Gasteiger partial charge in [0, 0.05) is 19.2 Å². The maximum Gasteiger partial charge on any atom is 0.0973 e. The number of halogens is 1. The van der Waals surface area contributed by atoms with Crippen LogP contribution < -0.4 is 5.32 Å². The van der Waals surface area contributed by atoms with Crippen LogP contribution in [0.25, 0.3) is 0 Å². The molecule has 1 aromatic rings. The zero-order chi connectivity index (χ0) is 9.97. The summed E-state index contributed by atoms with van der Waals surface area (Å²) in [6.07, 6.45) is 1.43. The summed E-state index contributed by atoms with van der Waals surface area (Å²) in [5.74, 6) is 0. The van der Waals surface area contributed by atoms with E-state index in [0.717, 1.165) is 23.9 Å². The molecule has 1 N–H and O–H groups in total. The van der Waals surface area contributed by atoms with Crippen molar-refractivity contribution in [2.75, 3.05) is 6.61 Å². The van der Waals surface area contributed by atoms with E-state index in [1.807, 2.05) is 5.38 Å². The van der Waals surface area contributed by atoms with Crippen molar-refractivity contribution in [3.05, 3.63) is 21.3 Å². The molecule has 1 fully saturated rings. The molecule has 0 saturated carbocycles. The molecule has 1 aliphatic heterocycles. The van der Waals surface area contributed by atoms with E-state index in [0.29, 0.717) is 12.1 Å². The second kappa shape index (κ2) is 4.62. The fourth-order valence-electron chi connectivity index (χ4n) is 1.69. The van der Waals surface area contributed by atoms with Gasteiger partial charge in [-0.1, -0.05) is 11.6 Å². The monoisotopic (exact) mass is 231 g/mol. The average Bonchev–Trinajstić information content (AvgIpc) is 2.72. The van der Waals surface area contributed by atoms with E-state index in [1.54, 1.807) is 11.3 Å². The Bertz CT molecular complexity index is 302. The van der Waals surface area contributed by atoms with Crippen LogP contribution in [0.1, 0.15) is 18.9 Å². The van der Waals surface area contributed by atoms with Crippen LogP contribution >= 0.6 is 22.9 Å². The minimum atomic E-state index is 0.326. The number of rotatable bonds is 3. The normalized spacial score (nSPS) is 27.0. The highest BCUT2D eigenvalue weighted by atomic mass is 35.5. The van der Waals surface area contributed by atoms with Crippen molar-refractivity contribution in [2.45, 2.75) is 32.0 Å². The van der Waals surface area contributed by atoms with E-state index in [-0.39, 0.29) is 0 Å². The highest BCUT2D eigenvalue weighted by Crippen LogP contribution is 2.23. The van der Waals surface area contributed by atoms with Crippen LogP contribution in [-0.4, -0.2) is 18.8 Å². The maximum atomic E-state index is 6.01. The van der Waals surface area contributed by atoms with E-state index in [9.17, 15) is 0 Å². The third kappa shape index (κ3) is 2.28. The third-order valence-corrected chi connectivity index (χ3v) is 3.88. The molecule has 0 aromatic carbocycles. The summed E-state index contributed by atoms with van der Waals surface area (Å²) in [5, 5.41) is 5.49. The van der Waals surface area contributed by atoms with Crippen molar-refractivity contribution < 1.29 is 4.74 Å². The molecule has 0 amide bonds. The van der Waals surface area contributed by atoms with E-state index in [2.05, 4.69) is 18.3 Å². The van der Waals surface area contributed by atoms with Crippen LogP contribution in [0.5, 0.6) is 0 Å². The van der Waals surface area contributed by atoms with Crippen LogP contribution in [0.15, 0.2) is 11.4 Å². The topological polar surface area (TPSA) is 21.3 Å². The smallest absolute Gasteiger partial charge is 0.0973 e. The summed E-state index contributed by atoms with van der Waals surface area (Å²) in [4.78, 5) is 0. The second-order valence-corrected chi connectivity index (χ2v) is 5.09. The van der Waals surface area contributed by atoms with E-state index in [1.165, 1.54) is 5.56 Å². The van der Waals surface area contributed by atoms with Crippen molar-refractivity contribution >= 4 is 22.9 Å². The zero-order valence-electron chi connectivity index (χ0n) is 8.13. The summed E-state index contributed by atoms with van der Waals surface area (Å²) in [6, 6.07) is 2.55. The number of nitrogens with one attached hydrogen (secondary N) is 1. The van der Waals surface area contributed by atoms with E-state index < -0.39 is 0 Å². The third-order valence-electron chi connectivity index (χ3n) is 2.62. The van der Waals surface area contributed by atoms with Gasteiger partial charge in [0.05, 0.1) is 10.4 Å². The van der Waals surface area contributed by atoms with Gasteiger partial charge in [0.2, 0.25) is 0 Å². The lowest BCUT2D eigenvalue weighted by atomic mass is 10.1. The summed E-state index contributed by atoms with van der Waals surface area (Å²) in [5.41, 5.74) is 1.19. The van der Waals surface area contributed by atoms with Crippen molar-refractivity contribution in [2.24, 2.45) is 0 Å². The first-order chi connectivity index (χ1) is 6.77. The fourth-order valence-corrected chi connectivity index (χ4v) is 2.61. The molecule has 2 atom stereocenters. The SMILES string of the molecule is C[C@H]1OCC[C@H]1NCc1ccsc1Cl. The molecule has 0 spiro atoms. The van der Waals surface area contributed by atoms with Crippen LogP contribution in [0.4, 0.5) is 0 Å². The minimum Gasteiger partial charge on any atom is -0.377 e. The Morgan fingerprint density at radius 3 is 3.14 bits per heavy atom. The minimum absolute atomic E-state index is 0.326. The first kappa shape index (κ1) is 10.4. The molecule has 0 radical (unpaired) electrons. The molecule has 1 saturated heterocycles. The van der Waals surface area contributed by atoms with Gasteiger partial charge < -0.3 is 10.1 Å². The second-order valence-electron chi connectivity index (χ2n) is 3.57. The molecule has 1 aromatic heterocycles. The largest absolute Gasteiger partial charge is 0.377 e. The molecule has 78 valence electrons. The number of thiophene rings is 1. The number of hydrogen-bond acceptors (Lipinski definition) is 3. The Hall–Kier alpha value is -0.0900. The van der Waals surface area contributed by atoms with Crippen molar-refractivity contribution in [1.82, 2.24) is 5.32 Å². The van der Waals surface area contributed by atoms with Crippen LogP contribution in [-0.2, 0) is 11.3 Å². The fraction of sp³-hybridized carbons (Fsp3) is 0.600. The van der Waals surface area contributed by atoms with Gasteiger partial charge in [0.25, 0.3) is 0 Å². The molecule has 2 rings (SSSR count). The maximum absolute atomic E-state index is 6.01. The Kier molecular flexibility index (Phi) is 3.44. The van der Waals surface area contributed by atoms with Gasteiger partial charge in [-0.25, -0.2) is 0 Å². The molecule has 1 aliphatic rings. The summed E-state index contributed by atoms with van der Waals surface area (Å²) < 4.78 is 6.37. The predicted molar refractivity (Wildman–Crippen MR) is 60.0 cm³/mol. The van der Waals surface area contributed by atoms with Gasteiger partial charge in [-0.05, 0) is 30.4 Å². The Morgan fingerprint density at radius 2 is 2.57 bits per heavy atom. The Morgan fingerprint density at radius 1 is 1.71 bits per heavy atom. The summed E-state index contributed by atoms with van der Waals surface area (Å²) in [7, 11) is 0. The molecule has 0 unspecified atom stereocenters. The molecule has 0 bridgehead atoms. The molecular weight excluding hydrogens is 218 g/mol. The van der Waals surface area contributed by atoms with Crippen molar-refractivity contribution in [1.29, 1.82) is 0 Å². The molecule has 4 heteroatoms. The summed E-state index contributed by atoms with van der Waals surface area (Å²) in [6.45, 7) is 3.83. The van der Waals surface area contributed by atoms with Gasteiger partial charge in [-0.15, -0.1) is 11.3 Å². The number of ether oxygens (including phenoxy) is 1. The lowest BCUT2D eigenvalue weighted by Gasteiger charge is -2.15. The molecule has 0 aliphatic carbocycles. The highest BCUT2D eigenvalue weighted by molar-refractivity contribution is 7.14. The standard InChI is InChI=1S/C10H14ClNOS/c1-7-9(2-4-13-7)12-6-8-3-5-14-10(8)11/h3,5,7,9,12H,2,4,6H2,1H3/t7-,9-/m1/s1. The molecule has 14 heavy (non-hydrogen) atoms. The van der Waals surface area contributed by atoms with E-state index in [4.69, 9.17) is 16.3 Å². The Labute approximate surface area is 93.2 Å². The van der Waals surface area contributed by atoms with Gasteiger partial charge in [-0.2, -0.15) is 0 Å². The van der Waals surface area contributed by atoms with Gasteiger partial charge >= 0.3 is 0 Å². The van der Waals surface area contributed by atoms with Crippen LogP contribution in [0.3, 0.4) is 0 Å². The van der Waals surface area contributed by atoms with Gasteiger partial charge in [0.15, 0.2) is 0 Å². The summed E-state index contributed by atoms with van der Waals surface area (Å²) >= 11 is 7.59. The van der Waals surface area contributed by atoms with Crippen molar-refractivity contribution in [3.63, 3.8) is 0 Å². The quantitative estimate of drug-likeness (QED) is 0.864. The lowest BCUT2D eigenvalue weighted by Crippen LogP contribution is -2.34. The zero-order valence-corrected chi connectivity index (χ0v) is 9.70. The van der Waals surface area contributed by atoms with Crippen LogP contribution in [0.2, 0.25) is 4.34 Å². The first-order valence-electron chi connectivity index (χ1n) is 4.84. The lowest BCUT2D eigenvalue weighted by molar-refractivity contribution is 0.113. The van der Waals surface area contributed by atoms with E-state index >= 15 is 0 Å². The highest BCUT2D eigenvalue weighted by Gasteiger charge is 2.23. The molecular formula is C10H14ClNOS. The number of hydrogen-bond donors (Lipinski definition) is 1. The van der Waals surface area contributed by atoms with Gasteiger partial charge in [-0.3, -0.25) is 0 Å². The molecule has 2 nitrogen and oxygen atoms in total. The Balaban J connectivity index is 1.85. The predicted octanol–water partition coefficient (Wildman–Crippen LogP) is 2.67. The molecule has 2 heterocycles. The van der Waals surface area contributed by atoms with Crippen molar-refractivity contribution in [3.8, 4) is 0 Å². The van der Waals surface area contributed by atoms with Gasteiger partial charge in [0.1, 0.15) is 0 Å². The first-order valence-corrected chi connectivity index (χ1v) is 6.10.